The molecule has 4 nitrogen and oxygen atoms in total. The second-order valence-corrected chi connectivity index (χ2v) is 5.79. The molecule has 1 fully saturated rings. The van der Waals surface area contributed by atoms with Gasteiger partial charge in [0, 0.05) is 12.1 Å². The topological polar surface area (TPSA) is 38.8 Å². The summed E-state index contributed by atoms with van der Waals surface area (Å²) in [6.45, 7) is 10.3. The Morgan fingerprint density at radius 1 is 1.41 bits per heavy atom. The van der Waals surface area contributed by atoms with Crippen LogP contribution in [0.1, 0.15) is 37.0 Å². The van der Waals surface area contributed by atoms with E-state index in [1.54, 1.807) is 0 Å². The fourth-order valence-corrected chi connectivity index (χ4v) is 2.56. The third kappa shape index (κ3) is 4.34. The van der Waals surface area contributed by atoms with E-state index >= 15 is 0 Å². The van der Waals surface area contributed by atoms with Gasteiger partial charge in [0.05, 0.1) is 19.3 Å². The molecule has 0 N–H and O–H groups in total. The van der Waals surface area contributed by atoms with Crippen LogP contribution in [0.2, 0.25) is 0 Å². The van der Waals surface area contributed by atoms with Gasteiger partial charge < -0.3 is 14.4 Å². The smallest absolute Gasteiger partial charge is 0.254 e. The van der Waals surface area contributed by atoms with Crippen molar-refractivity contribution >= 4 is 5.91 Å². The van der Waals surface area contributed by atoms with Crippen molar-refractivity contribution in [3.63, 3.8) is 0 Å². The standard InChI is InChI=1S/C18H25NO3/c1-4-5-16-13-21-11-10-19(16)18(20)15-6-8-17(9-7-15)22-12-14(2)3/h6-9,16H,2,4-5,10-13H2,1,3H3/t16-/m1/s1. The Morgan fingerprint density at radius 3 is 2.77 bits per heavy atom. The fraction of sp³-hybridized carbons (Fsp3) is 0.500. The summed E-state index contributed by atoms with van der Waals surface area (Å²) in [4.78, 5) is 14.6. The van der Waals surface area contributed by atoms with Crippen LogP contribution in [-0.4, -0.2) is 43.2 Å². The summed E-state index contributed by atoms with van der Waals surface area (Å²) < 4.78 is 11.1. The Balaban J connectivity index is 2.03. The van der Waals surface area contributed by atoms with Crippen molar-refractivity contribution in [3.8, 4) is 5.75 Å². The van der Waals surface area contributed by atoms with Crippen LogP contribution in [0.5, 0.6) is 5.75 Å². The molecule has 1 aromatic rings. The van der Waals surface area contributed by atoms with E-state index in [4.69, 9.17) is 9.47 Å². The number of morpholine rings is 1. The SMILES string of the molecule is C=C(C)COc1ccc(C(=O)N2CCOC[C@H]2CCC)cc1. The number of hydrogen-bond acceptors (Lipinski definition) is 3. The molecule has 2 rings (SSSR count). The molecule has 0 aliphatic carbocycles. The Morgan fingerprint density at radius 2 is 2.14 bits per heavy atom. The van der Waals surface area contributed by atoms with Gasteiger partial charge in [0.2, 0.25) is 0 Å². The largest absolute Gasteiger partial charge is 0.489 e. The van der Waals surface area contributed by atoms with Gasteiger partial charge in [-0.1, -0.05) is 19.9 Å². The summed E-state index contributed by atoms with van der Waals surface area (Å²) in [7, 11) is 0. The van der Waals surface area contributed by atoms with Crippen molar-refractivity contribution in [2.24, 2.45) is 0 Å². The molecular weight excluding hydrogens is 278 g/mol. The molecule has 0 spiro atoms. The minimum absolute atomic E-state index is 0.0770. The van der Waals surface area contributed by atoms with Gasteiger partial charge in [0.15, 0.2) is 0 Å². The number of amides is 1. The van der Waals surface area contributed by atoms with Crippen LogP contribution in [0.4, 0.5) is 0 Å². The lowest BCUT2D eigenvalue weighted by Gasteiger charge is -2.35. The maximum atomic E-state index is 12.7. The van der Waals surface area contributed by atoms with E-state index in [-0.39, 0.29) is 11.9 Å². The molecule has 1 amide bonds. The summed E-state index contributed by atoms with van der Waals surface area (Å²) >= 11 is 0. The van der Waals surface area contributed by atoms with Crippen LogP contribution in [0.3, 0.4) is 0 Å². The summed E-state index contributed by atoms with van der Waals surface area (Å²) in [5.74, 6) is 0.833. The van der Waals surface area contributed by atoms with Crippen LogP contribution >= 0.6 is 0 Å². The molecule has 1 aliphatic heterocycles. The van der Waals surface area contributed by atoms with Gasteiger partial charge in [-0.2, -0.15) is 0 Å². The molecule has 1 aliphatic rings. The molecule has 0 unspecified atom stereocenters. The van der Waals surface area contributed by atoms with Crippen LogP contribution < -0.4 is 4.74 Å². The predicted molar refractivity (Wildman–Crippen MR) is 87.3 cm³/mol. The molecule has 4 heteroatoms. The molecule has 1 saturated heterocycles. The number of ether oxygens (including phenoxy) is 2. The van der Waals surface area contributed by atoms with Gasteiger partial charge in [0.1, 0.15) is 12.4 Å². The number of benzene rings is 1. The number of rotatable bonds is 6. The molecule has 120 valence electrons. The lowest BCUT2D eigenvalue weighted by atomic mass is 10.1. The number of nitrogens with zero attached hydrogens (tertiary/aromatic N) is 1. The third-order valence-electron chi connectivity index (χ3n) is 3.70. The highest BCUT2D eigenvalue weighted by atomic mass is 16.5. The van der Waals surface area contributed by atoms with Crippen molar-refractivity contribution < 1.29 is 14.3 Å². The summed E-state index contributed by atoms with van der Waals surface area (Å²) in [6.07, 6.45) is 2.02. The normalized spacial score (nSPS) is 18.1. The first-order valence-corrected chi connectivity index (χ1v) is 7.87. The van der Waals surface area contributed by atoms with Crippen molar-refractivity contribution in [3.05, 3.63) is 42.0 Å². The molecule has 1 heterocycles. The summed E-state index contributed by atoms with van der Waals surface area (Å²) in [6, 6.07) is 7.52. The maximum Gasteiger partial charge on any atom is 0.254 e. The van der Waals surface area contributed by atoms with Crippen molar-refractivity contribution in [1.29, 1.82) is 0 Å². The summed E-state index contributed by atoms with van der Waals surface area (Å²) in [5.41, 5.74) is 1.67. The van der Waals surface area contributed by atoms with E-state index in [1.807, 2.05) is 36.1 Å². The number of carbonyl (C=O) groups is 1. The van der Waals surface area contributed by atoms with Crippen molar-refractivity contribution in [2.45, 2.75) is 32.7 Å². The van der Waals surface area contributed by atoms with Gasteiger partial charge in [-0.15, -0.1) is 0 Å². The first-order valence-electron chi connectivity index (χ1n) is 7.87. The first-order chi connectivity index (χ1) is 10.6. The second-order valence-electron chi connectivity index (χ2n) is 5.79. The number of hydrogen-bond donors (Lipinski definition) is 0. The molecular formula is C18H25NO3. The Kier molecular flexibility index (Phi) is 6.01. The fourth-order valence-electron chi connectivity index (χ4n) is 2.56. The molecule has 22 heavy (non-hydrogen) atoms. The minimum atomic E-state index is 0.0770. The van der Waals surface area contributed by atoms with Crippen molar-refractivity contribution in [1.82, 2.24) is 4.90 Å². The second kappa shape index (κ2) is 7.99. The zero-order chi connectivity index (χ0) is 15.9. The Labute approximate surface area is 132 Å². The van der Waals surface area contributed by atoms with Crippen LogP contribution in [0, 0.1) is 0 Å². The maximum absolute atomic E-state index is 12.7. The van der Waals surface area contributed by atoms with Crippen molar-refractivity contribution in [2.75, 3.05) is 26.4 Å². The highest BCUT2D eigenvalue weighted by Crippen LogP contribution is 2.19. The molecule has 0 saturated carbocycles. The zero-order valence-corrected chi connectivity index (χ0v) is 13.5. The van der Waals surface area contributed by atoms with Gasteiger partial charge >= 0.3 is 0 Å². The average molecular weight is 303 g/mol. The van der Waals surface area contributed by atoms with Crippen LogP contribution in [0.15, 0.2) is 36.4 Å². The van der Waals surface area contributed by atoms with E-state index in [9.17, 15) is 4.79 Å². The molecule has 0 radical (unpaired) electrons. The Hall–Kier alpha value is -1.81. The molecule has 1 atom stereocenters. The van der Waals surface area contributed by atoms with E-state index < -0.39 is 0 Å². The highest BCUT2D eigenvalue weighted by Gasteiger charge is 2.27. The van der Waals surface area contributed by atoms with E-state index in [1.165, 1.54) is 0 Å². The minimum Gasteiger partial charge on any atom is -0.489 e. The molecule has 1 aromatic carbocycles. The number of carbonyl (C=O) groups excluding carboxylic acids is 1. The lowest BCUT2D eigenvalue weighted by Crippen LogP contribution is -2.48. The third-order valence-corrected chi connectivity index (χ3v) is 3.70. The summed E-state index contributed by atoms with van der Waals surface area (Å²) in [5, 5.41) is 0. The van der Waals surface area contributed by atoms with Crippen LogP contribution in [0.25, 0.3) is 0 Å². The average Bonchev–Trinajstić information content (AvgIpc) is 2.53. The zero-order valence-electron chi connectivity index (χ0n) is 13.5. The van der Waals surface area contributed by atoms with E-state index in [0.29, 0.717) is 31.9 Å². The van der Waals surface area contributed by atoms with E-state index in [2.05, 4.69) is 13.5 Å². The Bertz CT molecular complexity index is 508. The van der Waals surface area contributed by atoms with Gasteiger partial charge in [0.25, 0.3) is 5.91 Å². The molecule has 0 aromatic heterocycles. The van der Waals surface area contributed by atoms with Gasteiger partial charge in [-0.05, 0) is 43.2 Å². The highest BCUT2D eigenvalue weighted by molar-refractivity contribution is 5.94. The lowest BCUT2D eigenvalue weighted by molar-refractivity contribution is -0.00433. The monoisotopic (exact) mass is 303 g/mol. The first kappa shape index (κ1) is 16.6. The molecule has 0 bridgehead atoms. The van der Waals surface area contributed by atoms with Gasteiger partial charge in [-0.3, -0.25) is 4.79 Å². The van der Waals surface area contributed by atoms with Crippen LogP contribution in [-0.2, 0) is 4.74 Å². The quantitative estimate of drug-likeness (QED) is 0.757. The van der Waals surface area contributed by atoms with E-state index in [0.717, 1.165) is 24.2 Å². The van der Waals surface area contributed by atoms with Gasteiger partial charge in [-0.25, -0.2) is 0 Å². The predicted octanol–water partition coefficient (Wildman–Crippen LogP) is 3.28.